The Bertz CT molecular complexity index is 172. The first-order valence-electron chi connectivity index (χ1n) is 3.85. The van der Waals surface area contributed by atoms with Gasteiger partial charge in [0.1, 0.15) is 6.54 Å². The highest BCUT2D eigenvalue weighted by Crippen LogP contribution is 2.04. The molecule has 0 aromatic heterocycles. The number of hydroxylamine groups is 2. The van der Waals surface area contributed by atoms with E-state index in [4.69, 9.17) is 9.94 Å². The number of nitrogens with zero attached hydrogens (tertiary/aromatic N) is 2. The zero-order chi connectivity index (χ0) is 9.14. The van der Waals surface area contributed by atoms with Gasteiger partial charge in [0.05, 0.1) is 19.3 Å². The first-order valence-corrected chi connectivity index (χ1v) is 3.85. The molecule has 0 saturated carbocycles. The van der Waals surface area contributed by atoms with Crippen molar-refractivity contribution in [2.45, 2.75) is 6.10 Å². The summed E-state index contributed by atoms with van der Waals surface area (Å²) in [5.74, 6) is -0.0240. The minimum absolute atomic E-state index is 0.0240. The van der Waals surface area contributed by atoms with Gasteiger partial charge in [0, 0.05) is 14.1 Å². The van der Waals surface area contributed by atoms with Crippen LogP contribution in [0.15, 0.2) is 0 Å². The molecule has 70 valence electrons. The molecule has 0 aromatic rings. The second-order valence-electron chi connectivity index (χ2n) is 3.06. The molecule has 0 unspecified atom stereocenters. The summed E-state index contributed by atoms with van der Waals surface area (Å²) in [6.07, 6.45) is -0.458. The first-order chi connectivity index (χ1) is 5.59. The molecule has 1 heterocycles. The zero-order valence-electron chi connectivity index (χ0n) is 7.36. The fraction of sp³-hybridized carbons (Fsp3) is 0.857. The van der Waals surface area contributed by atoms with Crippen LogP contribution in [-0.4, -0.2) is 60.9 Å². The lowest BCUT2D eigenvalue weighted by atomic mass is 10.4. The van der Waals surface area contributed by atoms with E-state index < -0.39 is 6.10 Å². The van der Waals surface area contributed by atoms with Crippen LogP contribution < -0.4 is 0 Å². The smallest absolute Gasteiger partial charge is 0.238 e. The quantitative estimate of drug-likeness (QED) is 0.564. The number of hydrogen-bond acceptors (Lipinski definition) is 4. The van der Waals surface area contributed by atoms with Crippen LogP contribution in [-0.2, 0) is 9.63 Å². The maximum absolute atomic E-state index is 11.1. The Labute approximate surface area is 71.5 Å². The lowest BCUT2D eigenvalue weighted by Gasteiger charge is -2.16. The Kier molecular flexibility index (Phi) is 3.02. The number of hydrogen-bond donors (Lipinski definition) is 1. The van der Waals surface area contributed by atoms with Gasteiger partial charge in [-0.15, -0.1) is 0 Å². The summed E-state index contributed by atoms with van der Waals surface area (Å²) in [5, 5.41) is 10.5. The molecule has 5 nitrogen and oxygen atoms in total. The Morgan fingerprint density at radius 3 is 2.83 bits per heavy atom. The molecule has 1 rings (SSSR count). The van der Waals surface area contributed by atoms with Crippen molar-refractivity contribution in [2.75, 3.05) is 33.8 Å². The number of carbonyl (C=O) groups is 1. The van der Waals surface area contributed by atoms with Gasteiger partial charge >= 0.3 is 0 Å². The van der Waals surface area contributed by atoms with Crippen molar-refractivity contribution in [2.24, 2.45) is 0 Å². The average molecular weight is 174 g/mol. The van der Waals surface area contributed by atoms with Crippen LogP contribution in [0.3, 0.4) is 0 Å². The molecule has 1 amide bonds. The molecule has 0 spiro atoms. The SMILES string of the molecule is CN(C)C(=O)CN1C[C@@H](O)CO1. The molecular formula is C7H14N2O3. The molecule has 0 aromatic carbocycles. The summed E-state index contributed by atoms with van der Waals surface area (Å²) in [7, 11) is 3.38. The van der Waals surface area contributed by atoms with Gasteiger partial charge in [-0.2, -0.15) is 5.06 Å². The van der Waals surface area contributed by atoms with Crippen LogP contribution >= 0.6 is 0 Å². The molecule has 5 heteroatoms. The second-order valence-corrected chi connectivity index (χ2v) is 3.06. The third kappa shape index (κ3) is 2.44. The van der Waals surface area contributed by atoms with Gasteiger partial charge in [0.2, 0.25) is 5.91 Å². The van der Waals surface area contributed by atoms with E-state index in [0.717, 1.165) is 0 Å². The molecule has 0 radical (unpaired) electrons. The average Bonchev–Trinajstić information content (AvgIpc) is 2.35. The topological polar surface area (TPSA) is 53.0 Å². The summed E-state index contributed by atoms with van der Waals surface area (Å²) in [5.41, 5.74) is 0. The minimum atomic E-state index is -0.458. The zero-order valence-corrected chi connectivity index (χ0v) is 7.36. The fourth-order valence-electron chi connectivity index (χ4n) is 0.934. The van der Waals surface area contributed by atoms with Crippen LogP contribution in [0, 0.1) is 0 Å². The number of likely N-dealkylation sites (N-methyl/N-ethyl adjacent to an activating group) is 1. The van der Waals surface area contributed by atoms with Crippen molar-refractivity contribution in [1.29, 1.82) is 0 Å². The van der Waals surface area contributed by atoms with Crippen LogP contribution in [0.2, 0.25) is 0 Å². The summed E-state index contributed by atoms with van der Waals surface area (Å²) in [6.45, 7) is 0.921. The number of aliphatic hydroxyl groups is 1. The highest BCUT2D eigenvalue weighted by molar-refractivity contribution is 5.77. The molecular weight excluding hydrogens is 160 g/mol. The van der Waals surface area contributed by atoms with Crippen LogP contribution in [0.4, 0.5) is 0 Å². The van der Waals surface area contributed by atoms with Gasteiger partial charge in [-0.05, 0) is 0 Å². The number of β-amino-alcohol motifs (C(OH)–C–C–N with tert-alkyl or cyclic N) is 1. The summed E-state index contributed by atoms with van der Waals surface area (Å²) < 4.78 is 0. The molecule has 1 fully saturated rings. The standard InChI is InChI=1S/C7H14N2O3/c1-8(2)7(11)4-9-3-6(10)5-12-9/h6,10H,3-5H2,1-2H3/t6-/m1/s1. The van der Waals surface area contributed by atoms with Crippen molar-refractivity contribution in [3.63, 3.8) is 0 Å². The Morgan fingerprint density at radius 2 is 2.42 bits per heavy atom. The minimum Gasteiger partial charge on any atom is -0.389 e. The Balaban J connectivity index is 2.28. The summed E-state index contributed by atoms with van der Waals surface area (Å²) >= 11 is 0. The van der Waals surface area contributed by atoms with Crippen molar-refractivity contribution in [1.82, 2.24) is 9.96 Å². The van der Waals surface area contributed by atoms with Gasteiger partial charge in [0.15, 0.2) is 0 Å². The predicted molar refractivity (Wildman–Crippen MR) is 42.2 cm³/mol. The summed E-state index contributed by atoms with van der Waals surface area (Å²) in [4.78, 5) is 17.6. The number of aliphatic hydroxyl groups excluding tert-OH is 1. The summed E-state index contributed by atoms with van der Waals surface area (Å²) in [6, 6.07) is 0. The molecule has 1 saturated heterocycles. The fourth-order valence-corrected chi connectivity index (χ4v) is 0.934. The van der Waals surface area contributed by atoms with E-state index in [1.165, 1.54) is 9.96 Å². The molecule has 1 aliphatic rings. The Morgan fingerprint density at radius 1 is 1.75 bits per heavy atom. The molecule has 1 atom stereocenters. The molecule has 12 heavy (non-hydrogen) atoms. The number of rotatable bonds is 2. The second kappa shape index (κ2) is 3.84. The monoisotopic (exact) mass is 174 g/mol. The van der Waals surface area contributed by atoms with E-state index in [2.05, 4.69) is 0 Å². The molecule has 0 bridgehead atoms. The van der Waals surface area contributed by atoms with Crippen molar-refractivity contribution >= 4 is 5.91 Å². The number of amides is 1. The third-order valence-corrected chi connectivity index (χ3v) is 1.67. The number of carbonyl (C=O) groups excluding carboxylic acids is 1. The van der Waals surface area contributed by atoms with E-state index in [1.54, 1.807) is 14.1 Å². The van der Waals surface area contributed by atoms with E-state index in [9.17, 15) is 4.79 Å². The third-order valence-electron chi connectivity index (χ3n) is 1.67. The maximum Gasteiger partial charge on any atom is 0.238 e. The van der Waals surface area contributed by atoms with E-state index in [-0.39, 0.29) is 12.5 Å². The molecule has 0 aliphatic carbocycles. The van der Waals surface area contributed by atoms with E-state index in [1.807, 2.05) is 0 Å². The van der Waals surface area contributed by atoms with E-state index >= 15 is 0 Å². The molecule has 1 aliphatic heterocycles. The van der Waals surface area contributed by atoms with Crippen LogP contribution in [0.5, 0.6) is 0 Å². The Hall–Kier alpha value is -0.650. The van der Waals surface area contributed by atoms with Crippen molar-refractivity contribution < 1.29 is 14.7 Å². The van der Waals surface area contributed by atoms with E-state index in [0.29, 0.717) is 13.2 Å². The van der Waals surface area contributed by atoms with Crippen molar-refractivity contribution in [3.05, 3.63) is 0 Å². The van der Waals surface area contributed by atoms with Gasteiger partial charge in [-0.25, -0.2) is 0 Å². The van der Waals surface area contributed by atoms with Crippen LogP contribution in [0.25, 0.3) is 0 Å². The van der Waals surface area contributed by atoms with Gasteiger partial charge in [0.25, 0.3) is 0 Å². The van der Waals surface area contributed by atoms with Gasteiger partial charge in [-0.3, -0.25) is 9.63 Å². The lowest BCUT2D eigenvalue weighted by molar-refractivity contribution is -0.148. The normalized spacial score (nSPS) is 24.4. The van der Waals surface area contributed by atoms with Crippen molar-refractivity contribution in [3.8, 4) is 0 Å². The highest BCUT2D eigenvalue weighted by Gasteiger charge is 2.23. The van der Waals surface area contributed by atoms with Crippen LogP contribution in [0.1, 0.15) is 0 Å². The van der Waals surface area contributed by atoms with Gasteiger partial charge < -0.3 is 10.0 Å². The maximum atomic E-state index is 11.1. The first kappa shape index (κ1) is 9.44. The predicted octanol–water partition coefficient (Wildman–Crippen LogP) is -1.32. The highest BCUT2D eigenvalue weighted by atomic mass is 16.7. The van der Waals surface area contributed by atoms with Gasteiger partial charge in [-0.1, -0.05) is 0 Å². The molecule has 1 N–H and O–H groups in total. The lowest BCUT2D eigenvalue weighted by Crippen LogP contribution is -2.35. The largest absolute Gasteiger partial charge is 0.389 e.